The number of carbonyl (C=O) groups excluding carboxylic acids is 1. The third-order valence-corrected chi connectivity index (χ3v) is 2.85. The molecular weight excluding hydrogens is 228 g/mol. The minimum absolute atomic E-state index is 0.0177. The van der Waals surface area contributed by atoms with E-state index in [1.54, 1.807) is 23.2 Å². The topological polar surface area (TPSA) is 53.4 Å². The Bertz CT molecular complexity index is 391. The van der Waals surface area contributed by atoms with E-state index in [0.29, 0.717) is 17.2 Å². The van der Waals surface area contributed by atoms with Crippen LogP contribution in [0.3, 0.4) is 0 Å². The number of hydrogen-bond acceptors (Lipinski definition) is 3. The van der Waals surface area contributed by atoms with Crippen LogP contribution < -0.4 is 0 Å². The Kier molecular flexibility index (Phi) is 5.78. The Morgan fingerprint density at radius 2 is 2.22 bits per heavy atom. The number of aromatic nitrogens is 1. The largest absolute Gasteiger partial charge is 0.390 e. The second-order valence-corrected chi connectivity index (χ2v) is 4.96. The Labute approximate surface area is 109 Å². The van der Waals surface area contributed by atoms with Crippen molar-refractivity contribution in [1.82, 2.24) is 9.88 Å². The van der Waals surface area contributed by atoms with E-state index in [1.165, 1.54) is 0 Å². The molecule has 0 unspecified atom stereocenters. The van der Waals surface area contributed by atoms with Gasteiger partial charge < -0.3 is 10.0 Å². The number of nitrogens with zero attached hydrogens (tertiary/aromatic N) is 2. The Morgan fingerprint density at radius 1 is 1.50 bits per heavy atom. The molecule has 0 aliphatic heterocycles. The van der Waals surface area contributed by atoms with Crippen molar-refractivity contribution in [3.63, 3.8) is 0 Å². The summed E-state index contributed by atoms with van der Waals surface area (Å²) in [5.41, 5.74) is 1.11. The molecule has 1 amide bonds. The fourth-order valence-corrected chi connectivity index (χ4v) is 1.76. The third-order valence-electron chi connectivity index (χ3n) is 2.85. The summed E-state index contributed by atoms with van der Waals surface area (Å²) in [4.78, 5) is 17.8. The maximum atomic E-state index is 12.1. The van der Waals surface area contributed by atoms with E-state index in [4.69, 9.17) is 5.11 Å². The number of aliphatic hydroxyl groups is 1. The molecule has 0 aliphatic rings. The summed E-state index contributed by atoms with van der Waals surface area (Å²) in [6, 6.07) is 3.32. The van der Waals surface area contributed by atoms with E-state index in [2.05, 4.69) is 18.8 Å². The first-order valence-corrected chi connectivity index (χ1v) is 6.36. The maximum absolute atomic E-state index is 12.1. The van der Waals surface area contributed by atoms with Crippen molar-refractivity contribution < 1.29 is 9.90 Å². The molecule has 0 fully saturated rings. The highest BCUT2D eigenvalue weighted by atomic mass is 16.3. The number of hydrogen-bond donors (Lipinski definition) is 1. The second kappa shape index (κ2) is 7.11. The van der Waals surface area contributed by atoms with Gasteiger partial charge in [0.1, 0.15) is 0 Å². The molecule has 0 saturated heterocycles. The van der Waals surface area contributed by atoms with Crippen LogP contribution in [0.15, 0.2) is 18.3 Å². The molecule has 1 rings (SSSR count). The number of carbonyl (C=O) groups is 1. The molecule has 1 heterocycles. The minimum Gasteiger partial charge on any atom is -0.390 e. The summed E-state index contributed by atoms with van der Waals surface area (Å²) >= 11 is 0. The molecule has 0 aliphatic carbocycles. The number of rotatable bonds is 6. The van der Waals surface area contributed by atoms with Crippen LogP contribution in [-0.4, -0.2) is 34.5 Å². The zero-order valence-corrected chi connectivity index (χ0v) is 11.4. The van der Waals surface area contributed by atoms with E-state index < -0.39 is 0 Å². The second-order valence-electron chi connectivity index (χ2n) is 4.96. The van der Waals surface area contributed by atoms with Gasteiger partial charge in [0, 0.05) is 25.4 Å². The van der Waals surface area contributed by atoms with Crippen molar-refractivity contribution in [2.75, 3.05) is 13.6 Å². The van der Waals surface area contributed by atoms with Gasteiger partial charge in [-0.05, 0) is 30.9 Å². The zero-order valence-electron chi connectivity index (χ0n) is 11.4. The molecule has 18 heavy (non-hydrogen) atoms. The van der Waals surface area contributed by atoms with Crippen molar-refractivity contribution in [2.24, 2.45) is 5.92 Å². The van der Waals surface area contributed by atoms with Gasteiger partial charge in [-0.2, -0.15) is 0 Å². The van der Waals surface area contributed by atoms with Gasteiger partial charge in [0.25, 0.3) is 5.91 Å². The van der Waals surface area contributed by atoms with Crippen LogP contribution in [0, 0.1) is 5.92 Å². The molecular formula is C14H22N2O2. The maximum Gasteiger partial charge on any atom is 0.253 e. The molecule has 0 saturated carbocycles. The quantitative estimate of drug-likeness (QED) is 0.841. The normalized spacial score (nSPS) is 10.7. The van der Waals surface area contributed by atoms with Crippen LogP contribution in [0.1, 0.15) is 42.7 Å². The first kappa shape index (κ1) is 14.6. The smallest absolute Gasteiger partial charge is 0.253 e. The molecule has 100 valence electrons. The van der Waals surface area contributed by atoms with Gasteiger partial charge in [-0.15, -0.1) is 0 Å². The lowest BCUT2D eigenvalue weighted by Gasteiger charge is -2.18. The Hall–Kier alpha value is -1.42. The summed E-state index contributed by atoms with van der Waals surface area (Å²) < 4.78 is 0. The van der Waals surface area contributed by atoms with Crippen molar-refractivity contribution in [3.05, 3.63) is 29.6 Å². The number of pyridine rings is 1. The molecule has 4 nitrogen and oxygen atoms in total. The molecule has 0 spiro atoms. The van der Waals surface area contributed by atoms with Crippen LogP contribution in [0.5, 0.6) is 0 Å². The van der Waals surface area contributed by atoms with Gasteiger partial charge >= 0.3 is 0 Å². The summed E-state index contributed by atoms with van der Waals surface area (Å²) in [6.07, 6.45) is 3.69. The molecule has 0 bridgehead atoms. The van der Waals surface area contributed by atoms with Crippen LogP contribution in [-0.2, 0) is 6.61 Å². The predicted octanol–water partition coefficient (Wildman–Crippen LogP) is 2.08. The van der Waals surface area contributed by atoms with Crippen LogP contribution >= 0.6 is 0 Å². The van der Waals surface area contributed by atoms with Gasteiger partial charge in [0.15, 0.2) is 0 Å². The Morgan fingerprint density at radius 3 is 2.83 bits per heavy atom. The lowest BCUT2D eigenvalue weighted by molar-refractivity contribution is 0.0791. The average Bonchev–Trinajstić information content (AvgIpc) is 2.37. The highest BCUT2D eigenvalue weighted by molar-refractivity contribution is 5.94. The van der Waals surface area contributed by atoms with Crippen molar-refractivity contribution >= 4 is 5.91 Å². The predicted molar refractivity (Wildman–Crippen MR) is 71.2 cm³/mol. The van der Waals surface area contributed by atoms with E-state index in [9.17, 15) is 4.79 Å². The van der Waals surface area contributed by atoms with Crippen LogP contribution in [0.2, 0.25) is 0 Å². The summed E-state index contributed by atoms with van der Waals surface area (Å²) in [5, 5.41) is 9.00. The molecule has 1 N–H and O–H groups in total. The van der Waals surface area contributed by atoms with Gasteiger partial charge in [-0.3, -0.25) is 9.78 Å². The molecule has 1 aromatic heterocycles. The summed E-state index contributed by atoms with van der Waals surface area (Å²) in [6.45, 7) is 4.97. The lowest BCUT2D eigenvalue weighted by Crippen LogP contribution is -2.28. The lowest BCUT2D eigenvalue weighted by atomic mass is 10.1. The van der Waals surface area contributed by atoms with E-state index in [0.717, 1.165) is 19.4 Å². The summed E-state index contributed by atoms with van der Waals surface area (Å²) in [7, 11) is 1.81. The standard InChI is InChI=1S/C14H22N2O2/c1-11(2)5-4-8-16(3)14(18)12-6-7-15-13(9-12)10-17/h6-7,9,11,17H,4-5,8,10H2,1-3H3. The third kappa shape index (κ3) is 4.45. The monoisotopic (exact) mass is 250 g/mol. The number of amides is 1. The molecule has 0 atom stereocenters. The first-order chi connectivity index (χ1) is 8.54. The Balaban J connectivity index is 2.56. The molecule has 0 aromatic carbocycles. The average molecular weight is 250 g/mol. The highest BCUT2D eigenvalue weighted by Crippen LogP contribution is 2.08. The van der Waals surface area contributed by atoms with Crippen LogP contribution in [0.25, 0.3) is 0 Å². The van der Waals surface area contributed by atoms with E-state index in [1.807, 2.05) is 7.05 Å². The van der Waals surface area contributed by atoms with Gasteiger partial charge in [0.2, 0.25) is 0 Å². The van der Waals surface area contributed by atoms with Crippen molar-refractivity contribution in [1.29, 1.82) is 0 Å². The SMILES string of the molecule is CC(C)CCCN(C)C(=O)c1ccnc(CO)c1. The fourth-order valence-electron chi connectivity index (χ4n) is 1.76. The van der Waals surface area contributed by atoms with Gasteiger partial charge in [-0.1, -0.05) is 13.8 Å². The molecule has 0 radical (unpaired) electrons. The van der Waals surface area contributed by atoms with Crippen molar-refractivity contribution in [2.45, 2.75) is 33.3 Å². The van der Waals surface area contributed by atoms with E-state index >= 15 is 0 Å². The minimum atomic E-state index is -0.141. The molecule has 1 aromatic rings. The summed E-state index contributed by atoms with van der Waals surface area (Å²) in [5.74, 6) is 0.645. The number of aliphatic hydroxyl groups excluding tert-OH is 1. The zero-order chi connectivity index (χ0) is 13.5. The van der Waals surface area contributed by atoms with Crippen molar-refractivity contribution in [3.8, 4) is 0 Å². The van der Waals surface area contributed by atoms with E-state index in [-0.39, 0.29) is 12.5 Å². The first-order valence-electron chi connectivity index (χ1n) is 6.36. The highest BCUT2D eigenvalue weighted by Gasteiger charge is 2.12. The fraction of sp³-hybridized carbons (Fsp3) is 0.571. The van der Waals surface area contributed by atoms with Gasteiger partial charge in [0.05, 0.1) is 12.3 Å². The molecule has 4 heteroatoms. The van der Waals surface area contributed by atoms with Crippen LogP contribution in [0.4, 0.5) is 0 Å². The van der Waals surface area contributed by atoms with Gasteiger partial charge in [-0.25, -0.2) is 0 Å².